The summed E-state index contributed by atoms with van der Waals surface area (Å²) in [6, 6.07) is 0. The molecule has 0 spiro atoms. The Morgan fingerprint density at radius 3 is 3.09 bits per heavy atom. The molecule has 1 heterocycles. The molecule has 2 unspecified atom stereocenters. The standard InChI is InChI=1S/C8H14O3/c1-3-7-4-6(9)5-8(10-2)11-7/h4,6,8-9H,3,5H2,1-2H3. The van der Waals surface area contributed by atoms with Crippen molar-refractivity contribution in [3.8, 4) is 0 Å². The third-order valence-corrected chi connectivity index (χ3v) is 1.71. The van der Waals surface area contributed by atoms with Gasteiger partial charge in [0, 0.05) is 20.0 Å². The third-order valence-electron chi connectivity index (χ3n) is 1.71. The van der Waals surface area contributed by atoms with Crippen molar-refractivity contribution in [2.24, 2.45) is 0 Å². The minimum atomic E-state index is -0.413. The first-order valence-corrected chi connectivity index (χ1v) is 3.84. The van der Waals surface area contributed by atoms with Crippen molar-refractivity contribution in [3.05, 3.63) is 11.8 Å². The SMILES string of the molecule is CCC1=CC(O)CC(OC)O1. The zero-order valence-corrected chi connectivity index (χ0v) is 6.91. The Morgan fingerprint density at radius 1 is 1.82 bits per heavy atom. The molecule has 1 aliphatic heterocycles. The van der Waals surface area contributed by atoms with Gasteiger partial charge in [-0.05, 0) is 6.08 Å². The van der Waals surface area contributed by atoms with Crippen molar-refractivity contribution in [2.75, 3.05) is 7.11 Å². The minimum absolute atomic E-state index is 0.273. The lowest BCUT2D eigenvalue weighted by Gasteiger charge is -2.25. The summed E-state index contributed by atoms with van der Waals surface area (Å²) in [6.07, 6.45) is 2.38. The lowest BCUT2D eigenvalue weighted by molar-refractivity contribution is -0.123. The molecule has 0 aromatic carbocycles. The van der Waals surface area contributed by atoms with E-state index in [1.54, 1.807) is 13.2 Å². The lowest BCUT2D eigenvalue weighted by atomic mass is 10.1. The van der Waals surface area contributed by atoms with E-state index >= 15 is 0 Å². The van der Waals surface area contributed by atoms with Crippen LogP contribution in [-0.4, -0.2) is 24.6 Å². The molecule has 2 atom stereocenters. The first-order valence-electron chi connectivity index (χ1n) is 3.84. The molecule has 0 amide bonds. The van der Waals surface area contributed by atoms with Crippen molar-refractivity contribution >= 4 is 0 Å². The molecule has 3 heteroatoms. The van der Waals surface area contributed by atoms with E-state index in [0.717, 1.165) is 12.2 Å². The lowest BCUT2D eigenvalue weighted by Crippen LogP contribution is -2.26. The van der Waals surface area contributed by atoms with Gasteiger partial charge in [-0.2, -0.15) is 0 Å². The maximum Gasteiger partial charge on any atom is 0.201 e. The largest absolute Gasteiger partial charge is 0.469 e. The smallest absolute Gasteiger partial charge is 0.201 e. The molecule has 0 bridgehead atoms. The predicted octanol–water partition coefficient (Wildman–Crippen LogP) is 1.03. The minimum Gasteiger partial charge on any atom is -0.469 e. The fourth-order valence-corrected chi connectivity index (χ4v) is 1.08. The zero-order chi connectivity index (χ0) is 8.27. The van der Waals surface area contributed by atoms with Crippen LogP contribution in [0.1, 0.15) is 19.8 Å². The average molecular weight is 158 g/mol. The summed E-state index contributed by atoms with van der Waals surface area (Å²) in [4.78, 5) is 0. The molecule has 3 nitrogen and oxygen atoms in total. The summed E-state index contributed by atoms with van der Waals surface area (Å²) >= 11 is 0. The summed E-state index contributed by atoms with van der Waals surface area (Å²) in [5.74, 6) is 0.815. The van der Waals surface area contributed by atoms with Crippen LogP contribution in [0.15, 0.2) is 11.8 Å². The predicted molar refractivity (Wildman–Crippen MR) is 40.9 cm³/mol. The van der Waals surface area contributed by atoms with Crippen molar-refractivity contribution in [1.82, 2.24) is 0 Å². The second kappa shape index (κ2) is 3.74. The summed E-state index contributed by atoms with van der Waals surface area (Å²) in [7, 11) is 1.58. The van der Waals surface area contributed by atoms with E-state index in [4.69, 9.17) is 9.47 Å². The van der Waals surface area contributed by atoms with Gasteiger partial charge in [-0.15, -0.1) is 0 Å². The number of allylic oxidation sites excluding steroid dienone is 1. The Labute approximate surface area is 66.6 Å². The van der Waals surface area contributed by atoms with Crippen LogP contribution in [0.3, 0.4) is 0 Å². The van der Waals surface area contributed by atoms with E-state index in [9.17, 15) is 5.11 Å². The van der Waals surface area contributed by atoms with E-state index in [1.165, 1.54) is 0 Å². The van der Waals surface area contributed by atoms with Crippen molar-refractivity contribution in [1.29, 1.82) is 0 Å². The van der Waals surface area contributed by atoms with E-state index < -0.39 is 6.10 Å². The summed E-state index contributed by atoms with van der Waals surface area (Å²) < 4.78 is 10.3. The molecule has 1 rings (SSSR count). The quantitative estimate of drug-likeness (QED) is 0.652. The van der Waals surface area contributed by atoms with E-state index in [0.29, 0.717) is 6.42 Å². The van der Waals surface area contributed by atoms with Gasteiger partial charge in [0.2, 0.25) is 6.29 Å². The van der Waals surface area contributed by atoms with Crippen LogP contribution in [0.4, 0.5) is 0 Å². The molecule has 1 aliphatic rings. The molecule has 0 radical (unpaired) electrons. The molecule has 11 heavy (non-hydrogen) atoms. The topological polar surface area (TPSA) is 38.7 Å². The first-order chi connectivity index (χ1) is 5.26. The van der Waals surface area contributed by atoms with Gasteiger partial charge in [-0.3, -0.25) is 0 Å². The number of ether oxygens (including phenoxy) is 2. The first kappa shape index (κ1) is 8.56. The molecule has 0 fully saturated rings. The number of rotatable bonds is 2. The van der Waals surface area contributed by atoms with Crippen molar-refractivity contribution in [2.45, 2.75) is 32.2 Å². The Morgan fingerprint density at radius 2 is 2.55 bits per heavy atom. The number of hydrogen-bond acceptors (Lipinski definition) is 3. The molecule has 0 aromatic heterocycles. The fourth-order valence-electron chi connectivity index (χ4n) is 1.08. The zero-order valence-electron chi connectivity index (χ0n) is 6.91. The van der Waals surface area contributed by atoms with E-state index in [-0.39, 0.29) is 6.29 Å². The molecular formula is C8H14O3. The number of hydrogen-bond donors (Lipinski definition) is 1. The van der Waals surface area contributed by atoms with Gasteiger partial charge in [-0.25, -0.2) is 0 Å². The second-order valence-corrected chi connectivity index (χ2v) is 2.57. The van der Waals surface area contributed by atoms with Crippen LogP contribution in [0.25, 0.3) is 0 Å². The Hall–Kier alpha value is -0.540. The molecule has 0 aromatic rings. The van der Waals surface area contributed by atoms with Crippen molar-refractivity contribution < 1.29 is 14.6 Å². The van der Waals surface area contributed by atoms with Crippen LogP contribution in [-0.2, 0) is 9.47 Å². The third kappa shape index (κ3) is 2.20. The highest BCUT2D eigenvalue weighted by Gasteiger charge is 2.20. The highest BCUT2D eigenvalue weighted by Crippen LogP contribution is 2.19. The van der Waals surface area contributed by atoms with Gasteiger partial charge in [0.15, 0.2) is 0 Å². The van der Waals surface area contributed by atoms with Gasteiger partial charge in [0.1, 0.15) is 0 Å². The number of aliphatic hydroxyl groups excluding tert-OH is 1. The number of aliphatic hydroxyl groups is 1. The van der Waals surface area contributed by atoms with Gasteiger partial charge in [0.25, 0.3) is 0 Å². The maximum atomic E-state index is 9.28. The van der Waals surface area contributed by atoms with E-state index in [2.05, 4.69) is 0 Å². The highest BCUT2D eigenvalue weighted by molar-refractivity contribution is 5.00. The highest BCUT2D eigenvalue weighted by atomic mass is 16.7. The number of methoxy groups -OCH3 is 1. The monoisotopic (exact) mass is 158 g/mol. The van der Waals surface area contributed by atoms with Gasteiger partial charge < -0.3 is 14.6 Å². The molecule has 0 saturated heterocycles. The molecule has 1 N–H and O–H groups in total. The molecule has 64 valence electrons. The van der Waals surface area contributed by atoms with Crippen LogP contribution < -0.4 is 0 Å². The molecule has 0 aliphatic carbocycles. The van der Waals surface area contributed by atoms with Gasteiger partial charge in [-0.1, -0.05) is 6.92 Å². The van der Waals surface area contributed by atoms with Gasteiger partial charge in [0.05, 0.1) is 11.9 Å². The van der Waals surface area contributed by atoms with Crippen molar-refractivity contribution in [3.63, 3.8) is 0 Å². The maximum absolute atomic E-state index is 9.28. The fraction of sp³-hybridized carbons (Fsp3) is 0.750. The summed E-state index contributed by atoms with van der Waals surface area (Å²) in [5, 5.41) is 9.28. The van der Waals surface area contributed by atoms with Crippen LogP contribution in [0.5, 0.6) is 0 Å². The molecule has 0 saturated carbocycles. The van der Waals surface area contributed by atoms with Crippen LogP contribution in [0.2, 0.25) is 0 Å². The normalized spacial score (nSPS) is 31.0. The summed E-state index contributed by atoms with van der Waals surface area (Å²) in [6.45, 7) is 1.98. The average Bonchev–Trinajstić information content (AvgIpc) is 2.03. The van der Waals surface area contributed by atoms with Crippen LogP contribution in [0, 0.1) is 0 Å². The second-order valence-electron chi connectivity index (χ2n) is 2.57. The Balaban J connectivity index is 2.54. The van der Waals surface area contributed by atoms with Crippen LogP contribution >= 0.6 is 0 Å². The molecular weight excluding hydrogens is 144 g/mol. The summed E-state index contributed by atoms with van der Waals surface area (Å²) in [5.41, 5.74) is 0. The Bertz CT molecular complexity index is 153. The van der Waals surface area contributed by atoms with Gasteiger partial charge >= 0.3 is 0 Å². The Kier molecular flexibility index (Phi) is 2.91. The van der Waals surface area contributed by atoms with E-state index in [1.807, 2.05) is 6.92 Å².